The lowest BCUT2D eigenvalue weighted by atomic mass is 10.1. The van der Waals surface area contributed by atoms with Crippen LogP contribution in [0.25, 0.3) is 0 Å². The van der Waals surface area contributed by atoms with Gasteiger partial charge in [-0.25, -0.2) is 8.42 Å². The van der Waals surface area contributed by atoms with Crippen LogP contribution < -0.4 is 10.5 Å². The molecule has 7 heteroatoms. The van der Waals surface area contributed by atoms with Crippen LogP contribution in [0, 0.1) is 0 Å². The van der Waals surface area contributed by atoms with E-state index < -0.39 is 22.0 Å². The third-order valence-electron chi connectivity index (χ3n) is 2.78. The third-order valence-corrected chi connectivity index (χ3v) is 4.27. The van der Waals surface area contributed by atoms with Crippen molar-refractivity contribution < 1.29 is 17.9 Å². The van der Waals surface area contributed by atoms with Crippen LogP contribution in [0.1, 0.15) is 19.3 Å². The predicted molar refractivity (Wildman–Crippen MR) is 75.5 cm³/mol. The quantitative estimate of drug-likeness (QED) is 0.542. The first-order valence-corrected chi connectivity index (χ1v) is 7.85. The summed E-state index contributed by atoms with van der Waals surface area (Å²) in [5.74, 6) is -0.596. The Labute approximate surface area is 119 Å². The maximum Gasteiger partial charge on any atom is 0.323 e. The highest BCUT2D eigenvalue weighted by Gasteiger charge is 2.25. The second-order valence-corrected chi connectivity index (χ2v) is 6.01. The molecule has 0 bridgehead atoms. The molecule has 0 spiro atoms. The first-order chi connectivity index (χ1) is 9.51. The number of carbonyl (C=O) groups is 1. The highest BCUT2D eigenvalue weighted by molar-refractivity contribution is 7.89. The van der Waals surface area contributed by atoms with Gasteiger partial charge in [0.25, 0.3) is 0 Å². The number of esters is 1. The van der Waals surface area contributed by atoms with Gasteiger partial charge in [0, 0.05) is 0 Å². The van der Waals surface area contributed by atoms with Crippen molar-refractivity contribution in [1.29, 1.82) is 0 Å². The first kappa shape index (κ1) is 16.6. The number of hydrogen-bond donors (Lipinski definition) is 2. The lowest BCUT2D eigenvalue weighted by Crippen LogP contribution is -2.41. The summed E-state index contributed by atoms with van der Waals surface area (Å²) in [6, 6.07) is 7.01. The van der Waals surface area contributed by atoms with Gasteiger partial charge in [0.1, 0.15) is 6.04 Å². The standard InChI is InChI=1S/C13H20N2O4S/c1-19-13(16)12(9-5-6-10-14)15-20(17,18)11-7-3-2-4-8-11/h2-4,7-8,12,15H,5-6,9-10,14H2,1H3. The molecular formula is C13H20N2O4S. The number of nitrogens with one attached hydrogen (secondary N) is 1. The molecule has 6 nitrogen and oxygen atoms in total. The number of rotatable bonds is 8. The van der Waals surface area contributed by atoms with Gasteiger partial charge in [-0.2, -0.15) is 4.72 Å². The molecule has 1 rings (SSSR count). The van der Waals surface area contributed by atoms with E-state index in [-0.39, 0.29) is 4.90 Å². The molecule has 0 fully saturated rings. The minimum absolute atomic E-state index is 0.118. The Balaban J connectivity index is 2.80. The van der Waals surface area contributed by atoms with E-state index in [1.165, 1.54) is 19.2 Å². The number of nitrogens with two attached hydrogens (primary N) is 1. The Morgan fingerprint density at radius 1 is 1.30 bits per heavy atom. The summed E-state index contributed by atoms with van der Waals surface area (Å²) in [6.07, 6.45) is 1.73. The van der Waals surface area contributed by atoms with Crippen molar-refractivity contribution in [2.24, 2.45) is 5.73 Å². The molecule has 1 atom stereocenters. The summed E-state index contributed by atoms with van der Waals surface area (Å²) in [5, 5.41) is 0. The second kappa shape index (κ2) is 7.98. The highest BCUT2D eigenvalue weighted by atomic mass is 32.2. The summed E-state index contributed by atoms with van der Waals surface area (Å²) in [6.45, 7) is 0.499. The summed E-state index contributed by atoms with van der Waals surface area (Å²) < 4.78 is 31.3. The lowest BCUT2D eigenvalue weighted by molar-refractivity contribution is -0.142. The van der Waals surface area contributed by atoms with Crippen LogP contribution in [-0.2, 0) is 19.6 Å². The largest absolute Gasteiger partial charge is 0.468 e. The van der Waals surface area contributed by atoms with Crippen molar-refractivity contribution in [2.45, 2.75) is 30.2 Å². The number of hydrogen-bond acceptors (Lipinski definition) is 5. The maximum absolute atomic E-state index is 12.2. The van der Waals surface area contributed by atoms with Crippen LogP contribution in [0.4, 0.5) is 0 Å². The number of ether oxygens (including phenoxy) is 1. The van der Waals surface area contributed by atoms with E-state index in [2.05, 4.69) is 9.46 Å². The van der Waals surface area contributed by atoms with Gasteiger partial charge in [0.2, 0.25) is 10.0 Å². The Kier molecular flexibility index (Phi) is 6.63. The van der Waals surface area contributed by atoms with Crippen LogP contribution in [0.15, 0.2) is 35.2 Å². The Hall–Kier alpha value is -1.44. The maximum atomic E-state index is 12.2. The number of methoxy groups -OCH3 is 1. The van der Waals surface area contributed by atoms with Gasteiger partial charge in [-0.05, 0) is 31.5 Å². The van der Waals surface area contributed by atoms with Crippen molar-refractivity contribution in [1.82, 2.24) is 4.72 Å². The minimum atomic E-state index is -3.73. The second-order valence-electron chi connectivity index (χ2n) is 4.29. The zero-order valence-electron chi connectivity index (χ0n) is 11.4. The number of carbonyl (C=O) groups excluding carboxylic acids is 1. The molecule has 0 aliphatic carbocycles. The van der Waals surface area contributed by atoms with E-state index in [1.54, 1.807) is 18.2 Å². The molecule has 1 aromatic rings. The summed E-state index contributed by atoms with van der Waals surface area (Å²) >= 11 is 0. The van der Waals surface area contributed by atoms with E-state index in [0.717, 1.165) is 6.42 Å². The van der Waals surface area contributed by atoms with Crippen molar-refractivity contribution in [3.8, 4) is 0 Å². The van der Waals surface area contributed by atoms with Crippen LogP contribution in [0.3, 0.4) is 0 Å². The van der Waals surface area contributed by atoms with Gasteiger partial charge in [0.15, 0.2) is 0 Å². The first-order valence-electron chi connectivity index (χ1n) is 6.36. The van der Waals surface area contributed by atoms with Gasteiger partial charge in [-0.3, -0.25) is 4.79 Å². The predicted octanol–water partition coefficient (Wildman–Crippen LogP) is 0.636. The van der Waals surface area contributed by atoms with Crippen LogP contribution >= 0.6 is 0 Å². The van der Waals surface area contributed by atoms with Gasteiger partial charge in [-0.15, -0.1) is 0 Å². The molecule has 0 radical (unpaired) electrons. The number of sulfonamides is 1. The topological polar surface area (TPSA) is 98.5 Å². The SMILES string of the molecule is COC(=O)C(CCCCN)NS(=O)(=O)c1ccccc1. The zero-order valence-corrected chi connectivity index (χ0v) is 12.2. The summed E-state index contributed by atoms with van der Waals surface area (Å²) in [4.78, 5) is 11.8. The molecule has 0 heterocycles. The molecule has 1 aromatic carbocycles. The Bertz CT molecular complexity index is 516. The molecule has 0 saturated heterocycles. The lowest BCUT2D eigenvalue weighted by Gasteiger charge is -2.16. The van der Waals surface area contributed by atoms with Crippen molar-refractivity contribution in [2.75, 3.05) is 13.7 Å². The average Bonchev–Trinajstić information content (AvgIpc) is 2.46. The van der Waals surface area contributed by atoms with E-state index in [9.17, 15) is 13.2 Å². The van der Waals surface area contributed by atoms with Gasteiger partial charge in [-0.1, -0.05) is 24.6 Å². The fourth-order valence-corrected chi connectivity index (χ4v) is 2.96. The third kappa shape index (κ3) is 4.92. The minimum Gasteiger partial charge on any atom is -0.468 e. The van der Waals surface area contributed by atoms with Gasteiger partial charge in [0.05, 0.1) is 12.0 Å². The van der Waals surface area contributed by atoms with Gasteiger partial charge < -0.3 is 10.5 Å². The molecule has 112 valence electrons. The van der Waals surface area contributed by atoms with Crippen molar-refractivity contribution >= 4 is 16.0 Å². The monoisotopic (exact) mass is 300 g/mol. The van der Waals surface area contributed by atoms with E-state index in [4.69, 9.17) is 5.73 Å². The number of unbranched alkanes of at least 4 members (excludes halogenated alkanes) is 1. The normalized spacial score (nSPS) is 12.9. The Morgan fingerprint density at radius 3 is 2.50 bits per heavy atom. The van der Waals surface area contributed by atoms with Crippen molar-refractivity contribution in [3.63, 3.8) is 0 Å². The van der Waals surface area contributed by atoms with Crippen molar-refractivity contribution in [3.05, 3.63) is 30.3 Å². The highest BCUT2D eigenvalue weighted by Crippen LogP contribution is 2.11. The number of benzene rings is 1. The zero-order chi connectivity index (χ0) is 15.0. The molecule has 0 amide bonds. The average molecular weight is 300 g/mol. The van der Waals surface area contributed by atoms with Crippen LogP contribution in [0.5, 0.6) is 0 Å². The van der Waals surface area contributed by atoms with Gasteiger partial charge >= 0.3 is 5.97 Å². The molecule has 3 N–H and O–H groups in total. The Morgan fingerprint density at radius 2 is 1.95 bits per heavy atom. The molecule has 0 aliphatic rings. The summed E-state index contributed by atoms with van der Waals surface area (Å²) in [7, 11) is -2.50. The summed E-state index contributed by atoms with van der Waals surface area (Å²) in [5.41, 5.74) is 5.39. The fourth-order valence-electron chi connectivity index (χ4n) is 1.71. The van der Waals surface area contributed by atoms with E-state index in [0.29, 0.717) is 19.4 Å². The molecule has 0 saturated carbocycles. The van der Waals surface area contributed by atoms with Crippen LogP contribution in [0.2, 0.25) is 0 Å². The smallest absolute Gasteiger partial charge is 0.323 e. The molecule has 0 aliphatic heterocycles. The molecule has 0 aromatic heterocycles. The molecular weight excluding hydrogens is 280 g/mol. The molecule has 1 unspecified atom stereocenters. The molecule has 20 heavy (non-hydrogen) atoms. The van der Waals surface area contributed by atoms with E-state index in [1.807, 2.05) is 0 Å². The fraction of sp³-hybridized carbons (Fsp3) is 0.462. The van der Waals surface area contributed by atoms with Crippen LogP contribution in [-0.4, -0.2) is 34.1 Å². The van der Waals surface area contributed by atoms with E-state index >= 15 is 0 Å².